The molecule has 0 unspecified atom stereocenters. The molecule has 0 radical (unpaired) electrons. The molecule has 0 atom stereocenters. The van der Waals surface area contributed by atoms with Gasteiger partial charge in [0.15, 0.2) is 0 Å². The molecule has 1 heterocycles. The molecule has 0 aromatic heterocycles. The van der Waals surface area contributed by atoms with Gasteiger partial charge in [-0.15, -0.1) is 0 Å². The predicted octanol–water partition coefficient (Wildman–Crippen LogP) is -0.243. The van der Waals surface area contributed by atoms with E-state index in [2.05, 4.69) is 15.5 Å². The molecule has 0 saturated carbocycles. The van der Waals surface area contributed by atoms with Gasteiger partial charge in [-0.05, 0) is 13.8 Å². The molecule has 1 saturated heterocycles. The van der Waals surface area contributed by atoms with Crippen molar-refractivity contribution >= 4 is 5.91 Å². The third-order valence-corrected chi connectivity index (χ3v) is 3.41. The Hall–Kier alpha value is -1.58. The summed E-state index contributed by atoms with van der Waals surface area (Å²) in [7, 11) is 0. The van der Waals surface area contributed by atoms with Crippen LogP contribution >= 0.6 is 0 Å². The van der Waals surface area contributed by atoms with Crippen LogP contribution in [0.25, 0.3) is 0 Å². The molecule has 6 heteroatoms. The van der Waals surface area contributed by atoms with Gasteiger partial charge in [-0.2, -0.15) is 5.26 Å². The number of piperazine rings is 1. The van der Waals surface area contributed by atoms with Gasteiger partial charge in [0.2, 0.25) is 0 Å². The van der Waals surface area contributed by atoms with E-state index in [-0.39, 0.29) is 11.5 Å². The van der Waals surface area contributed by atoms with E-state index in [4.69, 9.17) is 5.26 Å². The number of amides is 1. The van der Waals surface area contributed by atoms with Gasteiger partial charge >= 0.3 is 0 Å². The number of nitriles is 1. The van der Waals surface area contributed by atoms with E-state index in [1.54, 1.807) is 6.20 Å². The summed E-state index contributed by atoms with van der Waals surface area (Å²) in [5, 5.41) is 15.2. The van der Waals surface area contributed by atoms with Crippen molar-refractivity contribution in [3.05, 3.63) is 11.8 Å². The van der Waals surface area contributed by atoms with Crippen LogP contribution in [0.5, 0.6) is 0 Å². The number of carbonyl (C=O) groups excluding carboxylic acids is 1. The minimum atomic E-state index is -0.283. The van der Waals surface area contributed by atoms with Gasteiger partial charge in [0.25, 0.3) is 5.91 Å². The Morgan fingerprint density at radius 2 is 2.05 bits per heavy atom. The molecule has 1 fully saturated rings. The first-order valence-corrected chi connectivity index (χ1v) is 7.28. The highest BCUT2D eigenvalue weighted by molar-refractivity contribution is 5.97. The van der Waals surface area contributed by atoms with Crippen molar-refractivity contribution in [3.63, 3.8) is 0 Å². The fourth-order valence-corrected chi connectivity index (χ4v) is 2.08. The van der Waals surface area contributed by atoms with Crippen LogP contribution in [0.3, 0.4) is 0 Å². The molecule has 0 aromatic rings. The van der Waals surface area contributed by atoms with Crippen molar-refractivity contribution in [3.8, 4) is 6.07 Å². The van der Waals surface area contributed by atoms with Crippen LogP contribution < -0.4 is 10.6 Å². The van der Waals surface area contributed by atoms with E-state index in [9.17, 15) is 4.79 Å². The third-order valence-electron chi connectivity index (χ3n) is 3.41. The molecule has 2 N–H and O–H groups in total. The molecule has 1 amide bonds. The number of rotatable bonds is 7. The van der Waals surface area contributed by atoms with Gasteiger partial charge < -0.3 is 15.5 Å². The summed E-state index contributed by atoms with van der Waals surface area (Å²) in [6.45, 7) is 11.0. The summed E-state index contributed by atoms with van der Waals surface area (Å²) in [5.41, 5.74) is 0.175. The minimum Gasteiger partial charge on any atom is -0.377 e. The summed E-state index contributed by atoms with van der Waals surface area (Å²) in [6, 6.07) is 1.97. The lowest BCUT2D eigenvalue weighted by Gasteiger charge is -2.27. The van der Waals surface area contributed by atoms with E-state index in [1.807, 2.05) is 24.8 Å². The number of nitrogens with zero attached hydrogens (tertiary/aromatic N) is 3. The second-order valence-electron chi connectivity index (χ2n) is 4.72. The summed E-state index contributed by atoms with van der Waals surface area (Å²) in [5.74, 6) is -0.283. The lowest BCUT2D eigenvalue weighted by Crippen LogP contribution is -2.46. The van der Waals surface area contributed by atoms with Crippen molar-refractivity contribution in [1.82, 2.24) is 20.4 Å². The number of nitrogens with one attached hydrogen (secondary N) is 2. The first kappa shape index (κ1) is 16.5. The largest absolute Gasteiger partial charge is 0.377 e. The Kier molecular flexibility index (Phi) is 7.70. The Morgan fingerprint density at radius 1 is 1.40 bits per heavy atom. The van der Waals surface area contributed by atoms with Gasteiger partial charge in [-0.1, -0.05) is 0 Å². The summed E-state index contributed by atoms with van der Waals surface area (Å²) in [4.78, 5) is 16.2. The van der Waals surface area contributed by atoms with Gasteiger partial charge in [0, 0.05) is 58.6 Å². The van der Waals surface area contributed by atoms with Crippen LogP contribution in [-0.2, 0) is 4.79 Å². The standard InChI is InChI=1S/C14H25N5O/c1-3-18(4-2)12-13(11-15)14(20)17-7-10-19-8-5-16-6-9-19/h12,16H,3-10H2,1-2H3,(H,17,20)/b13-12-. The predicted molar refractivity (Wildman–Crippen MR) is 78.9 cm³/mol. The normalized spacial score (nSPS) is 16.6. The zero-order chi connectivity index (χ0) is 14.8. The molecule has 6 nitrogen and oxygen atoms in total. The quantitative estimate of drug-likeness (QED) is 0.497. The fraction of sp³-hybridized carbons (Fsp3) is 0.714. The van der Waals surface area contributed by atoms with Crippen molar-refractivity contribution in [2.24, 2.45) is 0 Å². The van der Waals surface area contributed by atoms with Gasteiger partial charge in [-0.3, -0.25) is 9.69 Å². The number of hydrogen-bond donors (Lipinski definition) is 2. The molecule has 0 aliphatic carbocycles. The second-order valence-corrected chi connectivity index (χ2v) is 4.72. The molecule has 112 valence electrons. The number of carbonyl (C=O) groups is 1. The Balaban J connectivity index is 2.37. The Labute approximate surface area is 121 Å². The second kappa shape index (κ2) is 9.34. The maximum atomic E-state index is 11.9. The molecular weight excluding hydrogens is 254 g/mol. The molecule has 1 rings (SSSR count). The van der Waals surface area contributed by atoms with Crippen molar-refractivity contribution in [2.75, 3.05) is 52.4 Å². The lowest BCUT2D eigenvalue weighted by molar-refractivity contribution is -0.117. The van der Waals surface area contributed by atoms with Gasteiger partial charge in [-0.25, -0.2) is 0 Å². The first-order chi connectivity index (χ1) is 9.71. The Morgan fingerprint density at radius 3 is 2.60 bits per heavy atom. The molecular formula is C14H25N5O. The smallest absolute Gasteiger partial charge is 0.263 e. The van der Waals surface area contributed by atoms with Crippen LogP contribution in [0, 0.1) is 11.3 Å². The Bertz CT molecular complexity index is 364. The summed E-state index contributed by atoms with van der Waals surface area (Å²) >= 11 is 0. The first-order valence-electron chi connectivity index (χ1n) is 7.28. The van der Waals surface area contributed by atoms with Crippen LogP contribution in [-0.4, -0.2) is 68.1 Å². The summed E-state index contributed by atoms with van der Waals surface area (Å²) in [6.07, 6.45) is 1.64. The molecule has 0 spiro atoms. The zero-order valence-corrected chi connectivity index (χ0v) is 12.5. The fourth-order valence-electron chi connectivity index (χ4n) is 2.08. The van der Waals surface area contributed by atoms with E-state index < -0.39 is 0 Å². The molecule has 0 aromatic carbocycles. The van der Waals surface area contributed by atoms with Crippen molar-refractivity contribution in [2.45, 2.75) is 13.8 Å². The van der Waals surface area contributed by atoms with Gasteiger partial charge in [0.05, 0.1) is 0 Å². The average molecular weight is 279 g/mol. The SMILES string of the molecule is CCN(/C=C(/C#N)C(=O)NCCN1CCNCC1)CC. The topological polar surface area (TPSA) is 71.4 Å². The van der Waals surface area contributed by atoms with Crippen LogP contribution in [0.4, 0.5) is 0 Å². The van der Waals surface area contributed by atoms with Crippen LogP contribution in [0.2, 0.25) is 0 Å². The van der Waals surface area contributed by atoms with E-state index in [0.717, 1.165) is 45.8 Å². The minimum absolute atomic E-state index is 0.175. The maximum Gasteiger partial charge on any atom is 0.263 e. The van der Waals surface area contributed by atoms with Crippen molar-refractivity contribution < 1.29 is 4.79 Å². The van der Waals surface area contributed by atoms with E-state index in [0.29, 0.717) is 6.54 Å². The number of hydrogen-bond acceptors (Lipinski definition) is 5. The highest BCUT2D eigenvalue weighted by Gasteiger charge is 2.12. The lowest BCUT2D eigenvalue weighted by atomic mass is 10.3. The molecule has 1 aliphatic rings. The molecule has 1 aliphatic heterocycles. The zero-order valence-electron chi connectivity index (χ0n) is 12.5. The maximum absolute atomic E-state index is 11.9. The highest BCUT2D eigenvalue weighted by Crippen LogP contribution is 1.98. The van der Waals surface area contributed by atoms with Crippen LogP contribution in [0.15, 0.2) is 11.8 Å². The van der Waals surface area contributed by atoms with E-state index >= 15 is 0 Å². The third kappa shape index (κ3) is 5.59. The molecule has 20 heavy (non-hydrogen) atoms. The monoisotopic (exact) mass is 279 g/mol. The summed E-state index contributed by atoms with van der Waals surface area (Å²) < 4.78 is 0. The van der Waals surface area contributed by atoms with Gasteiger partial charge in [0.1, 0.15) is 11.6 Å². The van der Waals surface area contributed by atoms with E-state index in [1.165, 1.54) is 0 Å². The average Bonchev–Trinajstić information content (AvgIpc) is 2.49. The molecule has 0 bridgehead atoms. The van der Waals surface area contributed by atoms with Crippen LogP contribution in [0.1, 0.15) is 13.8 Å². The van der Waals surface area contributed by atoms with Crippen molar-refractivity contribution in [1.29, 1.82) is 5.26 Å². The highest BCUT2D eigenvalue weighted by atomic mass is 16.1.